The minimum atomic E-state index is -0.255. The van der Waals surface area contributed by atoms with Crippen molar-refractivity contribution in [2.75, 3.05) is 32.7 Å². The number of carbonyl (C=O) groups excluding carboxylic acids is 1. The lowest BCUT2D eigenvalue weighted by Crippen LogP contribution is -2.56. The van der Waals surface area contributed by atoms with E-state index in [9.17, 15) is 4.79 Å². The van der Waals surface area contributed by atoms with Crippen LogP contribution < -0.4 is 5.73 Å². The van der Waals surface area contributed by atoms with Crippen LogP contribution >= 0.6 is 0 Å². The Balaban J connectivity index is 1.83. The SMILES string of the molecule is CC(C)(C)N1CCN(C(=O)C2CCC(CN)O2)CC1. The number of rotatable bonds is 2. The van der Waals surface area contributed by atoms with E-state index in [1.165, 1.54) is 0 Å². The maximum absolute atomic E-state index is 12.4. The van der Waals surface area contributed by atoms with Gasteiger partial charge >= 0.3 is 0 Å². The summed E-state index contributed by atoms with van der Waals surface area (Å²) in [7, 11) is 0. The van der Waals surface area contributed by atoms with Crippen LogP contribution in [0.3, 0.4) is 0 Å². The lowest BCUT2D eigenvalue weighted by Gasteiger charge is -2.42. The van der Waals surface area contributed by atoms with Crippen molar-refractivity contribution in [1.29, 1.82) is 0 Å². The maximum Gasteiger partial charge on any atom is 0.251 e. The van der Waals surface area contributed by atoms with Gasteiger partial charge in [0.15, 0.2) is 0 Å². The molecule has 2 heterocycles. The first-order valence-corrected chi connectivity index (χ1v) is 7.31. The normalized spacial score (nSPS) is 29.8. The zero-order valence-electron chi connectivity index (χ0n) is 12.4. The molecule has 1 amide bonds. The fourth-order valence-corrected chi connectivity index (χ4v) is 2.86. The van der Waals surface area contributed by atoms with E-state index in [0.717, 1.165) is 39.0 Å². The van der Waals surface area contributed by atoms with Gasteiger partial charge in [0.1, 0.15) is 6.10 Å². The van der Waals surface area contributed by atoms with E-state index in [1.807, 2.05) is 4.90 Å². The Morgan fingerprint density at radius 2 is 1.84 bits per heavy atom. The highest BCUT2D eigenvalue weighted by atomic mass is 16.5. The Morgan fingerprint density at radius 3 is 2.32 bits per heavy atom. The Kier molecular flexibility index (Phi) is 4.48. The van der Waals surface area contributed by atoms with Gasteiger partial charge in [-0.1, -0.05) is 0 Å². The van der Waals surface area contributed by atoms with Crippen molar-refractivity contribution in [2.24, 2.45) is 5.73 Å². The quantitative estimate of drug-likeness (QED) is 0.790. The molecular formula is C14H27N3O2. The zero-order chi connectivity index (χ0) is 14.0. The summed E-state index contributed by atoms with van der Waals surface area (Å²) in [6.45, 7) is 10.7. The number of nitrogens with two attached hydrogens (primary N) is 1. The molecule has 2 aliphatic heterocycles. The number of nitrogens with zero attached hydrogens (tertiary/aromatic N) is 2. The number of carbonyl (C=O) groups is 1. The Morgan fingerprint density at radius 1 is 1.21 bits per heavy atom. The summed E-state index contributed by atoms with van der Waals surface area (Å²) in [5.74, 6) is 0.157. The minimum absolute atomic E-state index is 0.0739. The molecule has 2 saturated heterocycles. The van der Waals surface area contributed by atoms with E-state index in [2.05, 4.69) is 25.7 Å². The maximum atomic E-state index is 12.4. The lowest BCUT2D eigenvalue weighted by atomic mass is 10.0. The smallest absolute Gasteiger partial charge is 0.251 e. The van der Waals surface area contributed by atoms with Gasteiger partial charge in [-0.15, -0.1) is 0 Å². The molecule has 5 heteroatoms. The summed E-state index contributed by atoms with van der Waals surface area (Å²) < 4.78 is 5.69. The second-order valence-corrected chi connectivity index (χ2v) is 6.54. The van der Waals surface area contributed by atoms with Crippen LogP contribution in [0.15, 0.2) is 0 Å². The van der Waals surface area contributed by atoms with E-state index in [4.69, 9.17) is 10.5 Å². The largest absolute Gasteiger partial charge is 0.364 e. The summed E-state index contributed by atoms with van der Waals surface area (Å²) >= 11 is 0. The predicted molar refractivity (Wildman–Crippen MR) is 74.9 cm³/mol. The molecular weight excluding hydrogens is 242 g/mol. The summed E-state index contributed by atoms with van der Waals surface area (Å²) in [5.41, 5.74) is 5.77. The second kappa shape index (κ2) is 5.77. The van der Waals surface area contributed by atoms with E-state index in [-0.39, 0.29) is 23.7 Å². The number of ether oxygens (including phenoxy) is 1. The van der Waals surface area contributed by atoms with Crippen molar-refractivity contribution in [1.82, 2.24) is 9.80 Å². The van der Waals surface area contributed by atoms with Crippen molar-refractivity contribution in [3.05, 3.63) is 0 Å². The van der Waals surface area contributed by atoms with Crippen LogP contribution in [0.2, 0.25) is 0 Å². The third-order valence-corrected chi connectivity index (χ3v) is 4.19. The molecule has 0 radical (unpaired) electrons. The van der Waals surface area contributed by atoms with Crippen LogP contribution in [0.1, 0.15) is 33.6 Å². The molecule has 0 aromatic rings. The molecule has 110 valence electrons. The summed E-state index contributed by atoms with van der Waals surface area (Å²) in [6.07, 6.45) is 1.55. The van der Waals surface area contributed by atoms with Crippen molar-refractivity contribution >= 4 is 5.91 Å². The molecule has 2 atom stereocenters. The van der Waals surface area contributed by atoms with Crippen LogP contribution in [0, 0.1) is 0 Å². The highest BCUT2D eigenvalue weighted by Gasteiger charge is 2.35. The van der Waals surface area contributed by atoms with E-state index < -0.39 is 0 Å². The van der Waals surface area contributed by atoms with Crippen LogP contribution in [-0.4, -0.2) is 66.2 Å². The van der Waals surface area contributed by atoms with Gasteiger partial charge in [-0.25, -0.2) is 0 Å². The van der Waals surface area contributed by atoms with Crippen LogP contribution in [0.25, 0.3) is 0 Å². The first-order valence-electron chi connectivity index (χ1n) is 7.31. The van der Waals surface area contributed by atoms with Crippen molar-refractivity contribution in [3.8, 4) is 0 Å². The second-order valence-electron chi connectivity index (χ2n) is 6.54. The van der Waals surface area contributed by atoms with Gasteiger partial charge in [0.25, 0.3) is 5.91 Å². The highest BCUT2D eigenvalue weighted by molar-refractivity contribution is 5.81. The van der Waals surface area contributed by atoms with Crippen LogP contribution in [0.4, 0.5) is 0 Å². The molecule has 2 aliphatic rings. The molecule has 2 N–H and O–H groups in total. The van der Waals surface area contributed by atoms with Crippen molar-refractivity contribution < 1.29 is 9.53 Å². The predicted octanol–water partition coefficient (Wildman–Crippen LogP) is 0.435. The fourth-order valence-electron chi connectivity index (χ4n) is 2.86. The van der Waals surface area contributed by atoms with E-state index in [1.54, 1.807) is 0 Å². The third-order valence-electron chi connectivity index (χ3n) is 4.19. The first-order chi connectivity index (χ1) is 8.91. The number of hydrogen-bond acceptors (Lipinski definition) is 4. The molecule has 5 nitrogen and oxygen atoms in total. The fraction of sp³-hybridized carbons (Fsp3) is 0.929. The number of amides is 1. The summed E-state index contributed by atoms with van der Waals surface area (Å²) in [6, 6.07) is 0. The van der Waals surface area contributed by atoms with Gasteiger partial charge in [0, 0.05) is 38.3 Å². The number of hydrogen-bond donors (Lipinski definition) is 1. The van der Waals surface area contributed by atoms with E-state index >= 15 is 0 Å². The van der Waals surface area contributed by atoms with Crippen LogP contribution in [0.5, 0.6) is 0 Å². The van der Waals surface area contributed by atoms with Gasteiger partial charge in [-0.05, 0) is 33.6 Å². The molecule has 0 aliphatic carbocycles. The molecule has 0 aromatic heterocycles. The first kappa shape index (κ1) is 14.8. The van der Waals surface area contributed by atoms with Crippen LogP contribution in [-0.2, 0) is 9.53 Å². The Bertz CT molecular complexity index is 319. The molecule has 0 saturated carbocycles. The average molecular weight is 269 g/mol. The molecule has 0 aromatic carbocycles. The molecule has 2 unspecified atom stereocenters. The van der Waals surface area contributed by atoms with Crippen molar-refractivity contribution in [2.45, 2.75) is 51.4 Å². The monoisotopic (exact) mass is 269 g/mol. The number of piperazine rings is 1. The average Bonchev–Trinajstić information content (AvgIpc) is 2.86. The summed E-state index contributed by atoms with van der Waals surface area (Å²) in [4.78, 5) is 16.7. The minimum Gasteiger partial charge on any atom is -0.364 e. The van der Waals surface area contributed by atoms with E-state index in [0.29, 0.717) is 6.54 Å². The Hall–Kier alpha value is -0.650. The molecule has 2 fully saturated rings. The highest BCUT2D eigenvalue weighted by Crippen LogP contribution is 2.22. The van der Waals surface area contributed by atoms with Gasteiger partial charge < -0.3 is 15.4 Å². The van der Waals surface area contributed by atoms with Gasteiger partial charge in [-0.2, -0.15) is 0 Å². The molecule has 0 spiro atoms. The molecule has 19 heavy (non-hydrogen) atoms. The lowest BCUT2D eigenvalue weighted by molar-refractivity contribution is -0.145. The van der Waals surface area contributed by atoms with Gasteiger partial charge in [0.05, 0.1) is 6.10 Å². The van der Waals surface area contributed by atoms with Gasteiger partial charge in [-0.3, -0.25) is 9.69 Å². The molecule has 0 bridgehead atoms. The van der Waals surface area contributed by atoms with Gasteiger partial charge in [0.2, 0.25) is 0 Å². The third kappa shape index (κ3) is 3.46. The standard InChI is InChI=1S/C14H27N3O2/c1-14(2,3)17-8-6-16(7-9-17)13(18)12-5-4-11(10-15)19-12/h11-12H,4-10,15H2,1-3H3. The zero-order valence-corrected chi connectivity index (χ0v) is 12.4. The molecule has 2 rings (SSSR count). The topological polar surface area (TPSA) is 58.8 Å². The van der Waals surface area contributed by atoms with Crippen molar-refractivity contribution in [3.63, 3.8) is 0 Å². The summed E-state index contributed by atoms with van der Waals surface area (Å²) in [5, 5.41) is 0. The Labute approximate surface area is 116 Å².